The highest BCUT2D eigenvalue weighted by Gasteiger charge is 2.11. The van der Waals surface area contributed by atoms with Gasteiger partial charge in [-0.3, -0.25) is 14.6 Å². The van der Waals surface area contributed by atoms with Crippen molar-refractivity contribution in [1.29, 1.82) is 0 Å². The molecular formula is C19H20N4O3S2. The number of sulfonamides is 1. The quantitative estimate of drug-likeness (QED) is 0.431. The number of carbonyl (C=O) groups excluding carboxylic acids is 1. The van der Waals surface area contributed by atoms with Gasteiger partial charge in [0.2, 0.25) is 15.2 Å². The molecular weight excluding hydrogens is 396 g/mol. The number of aromatic nitrogens is 3. The first kappa shape index (κ1) is 20.1. The molecule has 3 rings (SSSR count). The first-order valence-electron chi connectivity index (χ1n) is 8.59. The lowest BCUT2D eigenvalue weighted by atomic mass is 10.1. The highest BCUT2D eigenvalue weighted by molar-refractivity contribution is 7.99. The largest absolute Gasteiger partial charge is 0.293 e. The minimum Gasteiger partial charge on any atom is -0.293 e. The second-order valence-corrected chi connectivity index (χ2v) is 8.87. The summed E-state index contributed by atoms with van der Waals surface area (Å²) in [5, 5.41) is 7.55. The molecule has 0 aliphatic carbocycles. The molecule has 0 bridgehead atoms. The summed E-state index contributed by atoms with van der Waals surface area (Å²) in [4.78, 5) is 16.8. The molecule has 0 saturated carbocycles. The zero-order valence-electron chi connectivity index (χ0n) is 15.5. The molecule has 1 heterocycles. The van der Waals surface area contributed by atoms with Gasteiger partial charge in [-0.2, -0.15) is 0 Å². The van der Waals surface area contributed by atoms with Crippen molar-refractivity contribution in [3.8, 4) is 11.4 Å². The number of ketones is 1. The van der Waals surface area contributed by atoms with Crippen molar-refractivity contribution in [3.05, 3.63) is 59.7 Å². The fourth-order valence-corrected chi connectivity index (χ4v) is 3.75. The topological polar surface area (TPSA) is 105 Å². The Morgan fingerprint density at radius 3 is 2.39 bits per heavy atom. The number of carbonyl (C=O) groups is 1. The molecule has 0 amide bonds. The second kappa shape index (κ2) is 8.57. The van der Waals surface area contributed by atoms with Gasteiger partial charge in [0.05, 0.1) is 12.0 Å². The fraction of sp³-hybridized carbons (Fsp3) is 0.211. The Hall–Kier alpha value is -2.65. The van der Waals surface area contributed by atoms with Crippen molar-refractivity contribution in [2.45, 2.75) is 18.5 Å². The van der Waals surface area contributed by atoms with Gasteiger partial charge in [0, 0.05) is 16.8 Å². The molecule has 2 aromatic carbocycles. The predicted molar refractivity (Wildman–Crippen MR) is 111 cm³/mol. The Labute approximate surface area is 168 Å². The number of H-pyrrole nitrogens is 1. The molecule has 0 unspecified atom stereocenters. The van der Waals surface area contributed by atoms with Crippen LogP contribution in [-0.2, 0) is 16.4 Å². The lowest BCUT2D eigenvalue weighted by Crippen LogP contribution is -2.10. The second-order valence-electron chi connectivity index (χ2n) is 6.18. The molecule has 9 heteroatoms. The minimum atomic E-state index is -3.34. The number of nitrogens with one attached hydrogen (secondary N) is 2. The number of hydrogen-bond donors (Lipinski definition) is 2. The highest BCUT2D eigenvalue weighted by Crippen LogP contribution is 2.21. The van der Waals surface area contributed by atoms with Crippen LogP contribution in [0.25, 0.3) is 11.4 Å². The SMILES string of the molecule is CCc1ccc(-c2nc(SCC(=O)c3ccc(NS(C)(=O)=O)cc3)n[nH]2)cc1. The zero-order valence-corrected chi connectivity index (χ0v) is 17.1. The molecule has 146 valence electrons. The van der Waals surface area contributed by atoms with Gasteiger partial charge in [-0.1, -0.05) is 43.0 Å². The van der Waals surface area contributed by atoms with Crippen LogP contribution < -0.4 is 4.72 Å². The van der Waals surface area contributed by atoms with E-state index in [0.29, 0.717) is 22.2 Å². The van der Waals surface area contributed by atoms with Crippen LogP contribution >= 0.6 is 11.8 Å². The summed E-state index contributed by atoms with van der Waals surface area (Å²) in [5.41, 5.74) is 3.11. The smallest absolute Gasteiger partial charge is 0.229 e. The van der Waals surface area contributed by atoms with Crippen LogP contribution in [-0.4, -0.2) is 41.4 Å². The van der Waals surface area contributed by atoms with Crippen molar-refractivity contribution in [2.24, 2.45) is 0 Å². The monoisotopic (exact) mass is 416 g/mol. The summed E-state index contributed by atoms with van der Waals surface area (Å²) in [6, 6.07) is 14.4. The van der Waals surface area contributed by atoms with Crippen LogP contribution in [0.5, 0.6) is 0 Å². The van der Waals surface area contributed by atoms with E-state index in [9.17, 15) is 13.2 Å². The van der Waals surface area contributed by atoms with E-state index in [0.717, 1.165) is 18.2 Å². The number of Topliss-reactive ketones (excluding diaryl/α,β-unsaturated/α-hetero) is 1. The molecule has 0 aliphatic heterocycles. The number of aryl methyl sites for hydroxylation is 1. The Kier molecular flexibility index (Phi) is 6.15. The van der Waals surface area contributed by atoms with Crippen molar-refractivity contribution in [3.63, 3.8) is 0 Å². The number of anilines is 1. The lowest BCUT2D eigenvalue weighted by Gasteiger charge is -2.04. The first-order chi connectivity index (χ1) is 13.3. The third-order valence-corrected chi connectivity index (χ3v) is 5.40. The van der Waals surface area contributed by atoms with Crippen LogP contribution in [0.15, 0.2) is 53.7 Å². The third kappa shape index (κ3) is 5.43. The molecule has 28 heavy (non-hydrogen) atoms. The average Bonchev–Trinajstić information content (AvgIpc) is 3.14. The molecule has 3 aromatic rings. The summed E-state index contributed by atoms with van der Waals surface area (Å²) in [6.45, 7) is 2.10. The fourth-order valence-electron chi connectivity index (χ4n) is 2.49. The molecule has 0 aliphatic rings. The van der Waals surface area contributed by atoms with E-state index in [4.69, 9.17) is 0 Å². The minimum absolute atomic E-state index is 0.0884. The van der Waals surface area contributed by atoms with Crippen LogP contribution in [0.2, 0.25) is 0 Å². The number of hydrogen-bond acceptors (Lipinski definition) is 6. The molecule has 7 nitrogen and oxygen atoms in total. The number of aromatic amines is 1. The Morgan fingerprint density at radius 2 is 1.79 bits per heavy atom. The first-order valence-corrected chi connectivity index (χ1v) is 11.5. The molecule has 0 spiro atoms. The zero-order chi connectivity index (χ0) is 20.1. The average molecular weight is 417 g/mol. The molecule has 2 N–H and O–H groups in total. The standard InChI is InChI=1S/C19H20N4O3S2/c1-3-13-4-6-15(7-5-13)18-20-19(22-21-18)27-12-17(24)14-8-10-16(11-9-14)23-28(2,25)26/h4-11,23H,3,12H2,1-2H3,(H,20,21,22). The number of benzene rings is 2. The number of rotatable bonds is 8. The van der Waals surface area contributed by atoms with Gasteiger partial charge in [-0.15, -0.1) is 5.10 Å². The van der Waals surface area contributed by atoms with Crippen molar-refractivity contribution in [2.75, 3.05) is 16.7 Å². The summed E-state index contributed by atoms with van der Waals surface area (Å²) in [6.07, 6.45) is 2.05. The van der Waals surface area contributed by atoms with Crippen molar-refractivity contribution >= 4 is 33.3 Å². The van der Waals surface area contributed by atoms with E-state index in [1.54, 1.807) is 24.3 Å². The maximum Gasteiger partial charge on any atom is 0.229 e. The molecule has 0 radical (unpaired) electrons. The van der Waals surface area contributed by atoms with E-state index in [2.05, 4.69) is 39.0 Å². The van der Waals surface area contributed by atoms with Crippen LogP contribution in [0, 0.1) is 0 Å². The molecule has 0 saturated heterocycles. The molecule has 0 atom stereocenters. The Morgan fingerprint density at radius 1 is 1.11 bits per heavy atom. The van der Waals surface area contributed by atoms with Gasteiger partial charge >= 0.3 is 0 Å². The normalized spacial score (nSPS) is 11.4. The summed E-state index contributed by atoms with van der Waals surface area (Å²) in [5.74, 6) is 0.758. The maximum absolute atomic E-state index is 12.3. The van der Waals surface area contributed by atoms with E-state index in [1.165, 1.54) is 17.3 Å². The number of thioether (sulfide) groups is 1. The van der Waals surface area contributed by atoms with Crippen molar-refractivity contribution in [1.82, 2.24) is 15.2 Å². The van der Waals surface area contributed by atoms with Gasteiger partial charge in [-0.05, 0) is 36.2 Å². The highest BCUT2D eigenvalue weighted by atomic mass is 32.2. The van der Waals surface area contributed by atoms with E-state index in [1.807, 2.05) is 12.1 Å². The van der Waals surface area contributed by atoms with Crippen molar-refractivity contribution < 1.29 is 13.2 Å². The Balaban J connectivity index is 1.59. The molecule has 1 aromatic heterocycles. The van der Waals surface area contributed by atoms with E-state index in [-0.39, 0.29) is 11.5 Å². The third-order valence-electron chi connectivity index (χ3n) is 3.94. The summed E-state index contributed by atoms with van der Waals surface area (Å²) in [7, 11) is -3.34. The van der Waals surface area contributed by atoms with E-state index >= 15 is 0 Å². The van der Waals surface area contributed by atoms with Gasteiger partial charge < -0.3 is 0 Å². The predicted octanol–water partition coefficient (Wildman–Crippen LogP) is 3.38. The van der Waals surface area contributed by atoms with Gasteiger partial charge in [-0.25, -0.2) is 13.4 Å². The van der Waals surface area contributed by atoms with Crippen LogP contribution in [0.4, 0.5) is 5.69 Å². The number of nitrogens with zero attached hydrogens (tertiary/aromatic N) is 2. The summed E-state index contributed by atoms with van der Waals surface area (Å²) >= 11 is 1.25. The summed E-state index contributed by atoms with van der Waals surface area (Å²) < 4.78 is 24.8. The van der Waals surface area contributed by atoms with Crippen LogP contribution in [0.1, 0.15) is 22.8 Å². The molecule has 0 fully saturated rings. The lowest BCUT2D eigenvalue weighted by molar-refractivity contribution is 0.102. The van der Waals surface area contributed by atoms with Gasteiger partial charge in [0.15, 0.2) is 11.6 Å². The van der Waals surface area contributed by atoms with Crippen LogP contribution in [0.3, 0.4) is 0 Å². The van der Waals surface area contributed by atoms with Gasteiger partial charge in [0.1, 0.15) is 0 Å². The van der Waals surface area contributed by atoms with E-state index < -0.39 is 10.0 Å². The van der Waals surface area contributed by atoms with Gasteiger partial charge in [0.25, 0.3) is 0 Å². The maximum atomic E-state index is 12.3. The Bertz CT molecular complexity index is 1060.